The fourth-order valence-electron chi connectivity index (χ4n) is 2.83. The van der Waals surface area contributed by atoms with Crippen molar-refractivity contribution in [2.75, 3.05) is 0 Å². The molecule has 0 radical (unpaired) electrons. The lowest BCUT2D eigenvalue weighted by atomic mass is 9.99. The molecule has 1 heterocycles. The number of para-hydroxylation sites is 1. The lowest BCUT2D eigenvalue weighted by Crippen LogP contribution is -2.41. The zero-order chi connectivity index (χ0) is 19.6. The molecule has 3 aromatic rings. The molecule has 27 heavy (non-hydrogen) atoms. The number of fused-ring (bicyclic) bond motifs is 1. The SMILES string of the molecule is CC[C@@H](C)c1ccc(S(=O)(=O)NNC(=O)c2oc3ccccc3c2C)cc1. The topological polar surface area (TPSA) is 88.4 Å². The molecule has 0 fully saturated rings. The highest BCUT2D eigenvalue weighted by Crippen LogP contribution is 2.25. The largest absolute Gasteiger partial charge is 0.451 e. The summed E-state index contributed by atoms with van der Waals surface area (Å²) in [5.74, 6) is -0.222. The summed E-state index contributed by atoms with van der Waals surface area (Å²) < 4.78 is 30.4. The number of amides is 1. The normalized spacial score (nSPS) is 12.9. The molecule has 0 spiro atoms. The predicted molar refractivity (Wildman–Crippen MR) is 104 cm³/mol. The van der Waals surface area contributed by atoms with Crippen molar-refractivity contribution >= 4 is 26.9 Å². The van der Waals surface area contributed by atoms with Crippen molar-refractivity contribution < 1.29 is 17.6 Å². The molecular formula is C20H22N2O4S. The molecule has 1 amide bonds. The number of hydrazine groups is 1. The van der Waals surface area contributed by atoms with Crippen molar-refractivity contribution in [2.24, 2.45) is 0 Å². The molecule has 2 N–H and O–H groups in total. The van der Waals surface area contributed by atoms with Gasteiger partial charge in [-0.2, -0.15) is 0 Å². The van der Waals surface area contributed by atoms with Crippen LogP contribution < -0.4 is 10.3 Å². The Labute approximate surface area is 158 Å². The van der Waals surface area contributed by atoms with Crippen molar-refractivity contribution in [3.63, 3.8) is 0 Å². The van der Waals surface area contributed by atoms with Crippen LogP contribution in [0.3, 0.4) is 0 Å². The third-order valence-electron chi connectivity index (χ3n) is 4.72. The van der Waals surface area contributed by atoms with Gasteiger partial charge in [-0.25, -0.2) is 8.42 Å². The van der Waals surface area contributed by atoms with E-state index in [-0.39, 0.29) is 10.7 Å². The number of aryl methyl sites for hydroxylation is 1. The number of hydrogen-bond acceptors (Lipinski definition) is 4. The number of nitrogens with one attached hydrogen (secondary N) is 2. The van der Waals surface area contributed by atoms with E-state index in [0.29, 0.717) is 17.1 Å². The second-order valence-electron chi connectivity index (χ2n) is 6.49. The molecule has 6 nitrogen and oxygen atoms in total. The van der Waals surface area contributed by atoms with Gasteiger partial charge in [0.2, 0.25) is 0 Å². The molecule has 7 heteroatoms. The van der Waals surface area contributed by atoms with E-state index in [1.54, 1.807) is 31.2 Å². The third-order valence-corrected chi connectivity index (χ3v) is 5.98. The number of rotatable bonds is 6. The van der Waals surface area contributed by atoms with Crippen LogP contribution in [-0.2, 0) is 10.0 Å². The second kappa shape index (κ2) is 7.54. The van der Waals surface area contributed by atoms with E-state index in [1.807, 2.05) is 12.1 Å². The van der Waals surface area contributed by atoms with Gasteiger partial charge >= 0.3 is 5.91 Å². The van der Waals surface area contributed by atoms with Gasteiger partial charge in [-0.1, -0.05) is 44.2 Å². The average Bonchev–Trinajstić information content (AvgIpc) is 3.02. The predicted octanol–water partition coefficient (Wildman–Crippen LogP) is 3.88. The van der Waals surface area contributed by atoms with E-state index in [9.17, 15) is 13.2 Å². The third kappa shape index (κ3) is 3.89. The van der Waals surface area contributed by atoms with Gasteiger partial charge in [-0.15, -0.1) is 4.83 Å². The molecule has 1 aromatic heterocycles. The van der Waals surface area contributed by atoms with E-state index in [1.165, 1.54) is 12.1 Å². The summed E-state index contributed by atoms with van der Waals surface area (Å²) in [6.45, 7) is 5.91. The lowest BCUT2D eigenvalue weighted by molar-refractivity contribution is 0.0918. The zero-order valence-corrected chi connectivity index (χ0v) is 16.3. The van der Waals surface area contributed by atoms with Crippen LogP contribution in [0.25, 0.3) is 11.0 Å². The monoisotopic (exact) mass is 386 g/mol. The molecule has 2 aromatic carbocycles. The summed E-state index contributed by atoms with van der Waals surface area (Å²) in [7, 11) is -3.88. The number of hydrogen-bond donors (Lipinski definition) is 2. The number of benzene rings is 2. The summed E-state index contributed by atoms with van der Waals surface area (Å²) in [4.78, 5) is 14.6. The van der Waals surface area contributed by atoms with Crippen LogP contribution in [0.5, 0.6) is 0 Å². The van der Waals surface area contributed by atoms with Gasteiger partial charge in [-0.05, 0) is 43.0 Å². The molecule has 0 aliphatic carbocycles. The van der Waals surface area contributed by atoms with Crippen molar-refractivity contribution in [2.45, 2.75) is 38.0 Å². The van der Waals surface area contributed by atoms with Crippen LogP contribution in [0.2, 0.25) is 0 Å². The van der Waals surface area contributed by atoms with Crippen molar-refractivity contribution in [3.05, 3.63) is 65.4 Å². The first-order valence-electron chi connectivity index (χ1n) is 8.73. The first-order valence-corrected chi connectivity index (χ1v) is 10.2. The quantitative estimate of drug-likeness (QED) is 0.629. The Hall–Kier alpha value is -2.64. The number of carbonyl (C=O) groups excluding carboxylic acids is 1. The number of furan rings is 1. The minimum atomic E-state index is -3.88. The van der Waals surface area contributed by atoms with Gasteiger partial charge in [0, 0.05) is 10.9 Å². The Balaban J connectivity index is 1.74. The number of sulfonamides is 1. The lowest BCUT2D eigenvalue weighted by Gasteiger charge is -2.11. The standard InChI is InChI=1S/C20H22N2O4S/c1-4-13(2)15-9-11-16(12-10-15)27(24,25)22-21-20(23)19-14(3)17-7-5-6-8-18(17)26-19/h5-13,22H,4H2,1-3H3,(H,21,23)/t13-/m1/s1. The second-order valence-corrected chi connectivity index (χ2v) is 8.17. The molecule has 0 aliphatic rings. The van der Waals surface area contributed by atoms with Crippen molar-refractivity contribution in [1.82, 2.24) is 10.3 Å². The Morgan fingerprint density at radius 2 is 1.78 bits per heavy atom. The molecule has 0 aliphatic heterocycles. The van der Waals surface area contributed by atoms with Crippen LogP contribution in [0, 0.1) is 6.92 Å². The molecule has 3 rings (SSSR count). The van der Waals surface area contributed by atoms with Crippen LogP contribution >= 0.6 is 0 Å². The molecular weight excluding hydrogens is 364 g/mol. The van der Waals surface area contributed by atoms with Gasteiger partial charge in [0.15, 0.2) is 5.76 Å². The molecule has 0 bridgehead atoms. The van der Waals surface area contributed by atoms with Crippen molar-refractivity contribution in [3.8, 4) is 0 Å². The zero-order valence-electron chi connectivity index (χ0n) is 15.4. The summed E-state index contributed by atoms with van der Waals surface area (Å²) in [5, 5.41) is 0.811. The minimum absolute atomic E-state index is 0.0750. The van der Waals surface area contributed by atoms with E-state index in [2.05, 4.69) is 24.1 Å². The molecule has 142 valence electrons. The van der Waals surface area contributed by atoms with Crippen LogP contribution in [0.1, 0.15) is 47.9 Å². The molecule has 0 unspecified atom stereocenters. The Morgan fingerprint density at radius 3 is 2.41 bits per heavy atom. The maximum Gasteiger partial charge on any atom is 0.302 e. The van der Waals surface area contributed by atoms with Crippen LogP contribution in [0.15, 0.2) is 57.8 Å². The molecule has 0 saturated carbocycles. The summed E-state index contributed by atoms with van der Waals surface area (Å²) in [6.07, 6.45) is 0.969. The molecule has 0 saturated heterocycles. The van der Waals surface area contributed by atoms with Gasteiger partial charge in [0.25, 0.3) is 10.0 Å². The van der Waals surface area contributed by atoms with Gasteiger partial charge < -0.3 is 4.42 Å². The highest BCUT2D eigenvalue weighted by molar-refractivity contribution is 7.89. The van der Waals surface area contributed by atoms with Crippen LogP contribution in [-0.4, -0.2) is 14.3 Å². The van der Waals surface area contributed by atoms with Crippen molar-refractivity contribution in [1.29, 1.82) is 0 Å². The summed E-state index contributed by atoms with van der Waals surface area (Å²) >= 11 is 0. The Bertz CT molecular complexity index is 1070. The fraction of sp³-hybridized carbons (Fsp3) is 0.250. The van der Waals surface area contributed by atoms with E-state index >= 15 is 0 Å². The first kappa shape index (κ1) is 19.1. The average molecular weight is 386 g/mol. The minimum Gasteiger partial charge on any atom is -0.451 e. The summed E-state index contributed by atoms with van der Waals surface area (Å²) in [5.41, 5.74) is 4.51. The van der Waals surface area contributed by atoms with E-state index < -0.39 is 15.9 Å². The number of carbonyl (C=O) groups is 1. The van der Waals surface area contributed by atoms with Gasteiger partial charge in [0.1, 0.15) is 5.58 Å². The van der Waals surface area contributed by atoms with Crippen LogP contribution in [0.4, 0.5) is 0 Å². The van der Waals surface area contributed by atoms with E-state index in [4.69, 9.17) is 4.42 Å². The maximum atomic E-state index is 12.4. The highest BCUT2D eigenvalue weighted by atomic mass is 32.2. The molecule has 1 atom stereocenters. The Kier molecular flexibility index (Phi) is 5.34. The first-order chi connectivity index (χ1) is 12.8. The fourth-order valence-corrected chi connectivity index (χ4v) is 3.67. The smallest absolute Gasteiger partial charge is 0.302 e. The highest BCUT2D eigenvalue weighted by Gasteiger charge is 2.20. The van der Waals surface area contributed by atoms with E-state index in [0.717, 1.165) is 17.4 Å². The van der Waals surface area contributed by atoms with Gasteiger partial charge in [0.05, 0.1) is 4.90 Å². The van der Waals surface area contributed by atoms with Gasteiger partial charge in [-0.3, -0.25) is 10.2 Å². The summed E-state index contributed by atoms with van der Waals surface area (Å²) in [6, 6.07) is 13.9. The Morgan fingerprint density at radius 1 is 1.11 bits per heavy atom. The maximum absolute atomic E-state index is 12.4.